The molecule has 0 aromatic carbocycles. The van der Waals surface area contributed by atoms with E-state index in [2.05, 4.69) is 35.1 Å². The van der Waals surface area contributed by atoms with Crippen LogP contribution in [0.4, 0.5) is 0 Å². The van der Waals surface area contributed by atoms with E-state index in [4.69, 9.17) is 0 Å². The summed E-state index contributed by atoms with van der Waals surface area (Å²) < 4.78 is 0.677. The number of nitrogens with zero attached hydrogens (tertiary/aromatic N) is 1. The van der Waals surface area contributed by atoms with Gasteiger partial charge in [0.05, 0.1) is 26.2 Å². The molecule has 39 heavy (non-hydrogen) atoms. The molecule has 10 heteroatoms. The van der Waals surface area contributed by atoms with Gasteiger partial charge in [0.15, 0.2) is 6.10 Å². The van der Waals surface area contributed by atoms with Crippen LogP contribution in [0.3, 0.4) is 0 Å². The third-order valence-electron chi connectivity index (χ3n) is 7.67. The van der Waals surface area contributed by atoms with Crippen LogP contribution in [0, 0.1) is 5.92 Å². The Hall–Kier alpha value is -2.04. The molecule has 0 radical (unpaired) electrons. The Morgan fingerprint density at radius 3 is 1.69 bits per heavy atom. The number of quaternary nitrogens is 1. The molecular formula is C29H56N5O5+. The summed E-state index contributed by atoms with van der Waals surface area (Å²) in [6, 6.07) is 0.605. The molecular weight excluding hydrogens is 498 g/mol. The lowest BCUT2D eigenvalue weighted by Crippen LogP contribution is -2.69. The molecule has 1 aliphatic rings. The van der Waals surface area contributed by atoms with Gasteiger partial charge in [-0.15, -0.1) is 0 Å². The Balaban J connectivity index is 2.17. The monoisotopic (exact) mass is 554 g/mol. The first kappa shape index (κ1) is 35.0. The number of likely N-dealkylation sites (tertiary alicyclic amines) is 1. The smallest absolute Gasteiger partial charge is 0.220 e. The molecule has 1 heterocycles. The van der Waals surface area contributed by atoms with E-state index in [1.165, 1.54) is 0 Å². The van der Waals surface area contributed by atoms with Crippen molar-refractivity contribution < 1.29 is 28.8 Å². The van der Waals surface area contributed by atoms with Crippen molar-refractivity contribution >= 4 is 23.5 Å². The van der Waals surface area contributed by atoms with Gasteiger partial charge in [-0.2, -0.15) is 0 Å². The zero-order valence-electron chi connectivity index (χ0n) is 25.2. The maximum Gasteiger partial charge on any atom is 0.220 e. The van der Waals surface area contributed by atoms with E-state index < -0.39 is 0 Å². The highest BCUT2D eigenvalue weighted by Gasteiger charge is 2.42. The molecule has 1 fully saturated rings. The first-order valence-corrected chi connectivity index (χ1v) is 15.0. The molecule has 3 atom stereocenters. The Labute approximate surface area is 236 Å². The van der Waals surface area contributed by atoms with Crippen LogP contribution in [0.1, 0.15) is 91.9 Å². The van der Waals surface area contributed by atoms with Crippen LogP contribution in [0.2, 0.25) is 0 Å². The third-order valence-corrected chi connectivity index (χ3v) is 7.67. The van der Waals surface area contributed by atoms with Gasteiger partial charge < -0.3 is 35.7 Å². The normalized spacial score (nSPS) is 20.8. The average Bonchev–Trinajstić information content (AvgIpc) is 2.83. The zero-order chi connectivity index (χ0) is 29.3. The lowest BCUT2D eigenvalue weighted by molar-refractivity contribution is -0.970. The van der Waals surface area contributed by atoms with E-state index in [0.717, 1.165) is 19.3 Å². The molecule has 0 aromatic rings. The van der Waals surface area contributed by atoms with Gasteiger partial charge in [0.25, 0.3) is 0 Å². The number of aliphatic hydroxyl groups excluding tert-OH is 1. The Morgan fingerprint density at radius 2 is 1.23 bits per heavy atom. The molecule has 0 aliphatic carbocycles. The fourth-order valence-electron chi connectivity index (χ4n) is 5.42. The van der Waals surface area contributed by atoms with Crippen molar-refractivity contribution in [2.24, 2.45) is 5.92 Å². The van der Waals surface area contributed by atoms with Crippen LogP contribution in [-0.4, -0.2) is 97.6 Å². The van der Waals surface area contributed by atoms with Crippen molar-refractivity contribution in [3.63, 3.8) is 0 Å². The van der Waals surface area contributed by atoms with Gasteiger partial charge in [0.1, 0.15) is 18.9 Å². The molecule has 10 nitrogen and oxygen atoms in total. The van der Waals surface area contributed by atoms with Crippen molar-refractivity contribution in [2.75, 3.05) is 46.3 Å². The summed E-state index contributed by atoms with van der Waals surface area (Å²) in [6.07, 6.45) is 6.23. The minimum atomic E-state index is -0.336. The van der Waals surface area contributed by atoms with Crippen LogP contribution in [-0.2, 0) is 19.2 Å². The molecule has 1 saturated heterocycles. The summed E-state index contributed by atoms with van der Waals surface area (Å²) in [7, 11) is 1.96. The molecule has 0 bridgehead atoms. The van der Waals surface area contributed by atoms with Crippen LogP contribution < -0.4 is 21.3 Å². The van der Waals surface area contributed by atoms with Crippen LogP contribution in [0.25, 0.3) is 0 Å². The van der Waals surface area contributed by atoms with E-state index in [0.29, 0.717) is 101 Å². The second-order valence-electron chi connectivity index (χ2n) is 11.9. The minimum absolute atomic E-state index is 0.0112. The van der Waals surface area contributed by atoms with Gasteiger partial charge in [-0.05, 0) is 72.3 Å². The average molecular weight is 555 g/mol. The summed E-state index contributed by atoms with van der Waals surface area (Å²) in [5.74, 6) is 0.689. The summed E-state index contributed by atoms with van der Waals surface area (Å²) >= 11 is 0. The molecule has 226 valence electrons. The van der Waals surface area contributed by atoms with E-state index >= 15 is 0 Å². The molecule has 1 rings (SSSR count). The highest BCUT2D eigenvalue weighted by molar-refractivity contribution is 5.77. The predicted molar refractivity (Wildman–Crippen MR) is 154 cm³/mol. The van der Waals surface area contributed by atoms with Crippen molar-refractivity contribution in [3.8, 4) is 0 Å². The van der Waals surface area contributed by atoms with Crippen LogP contribution in [0.5, 0.6) is 0 Å². The van der Waals surface area contributed by atoms with Gasteiger partial charge in [-0.25, -0.2) is 0 Å². The van der Waals surface area contributed by atoms with Crippen molar-refractivity contribution in [1.82, 2.24) is 21.3 Å². The Bertz CT molecular complexity index is 756. The highest BCUT2D eigenvalue weighted by Crippen LogP contribution is 2.19. The second kappa shape index (κ2) is 19.1. The number of ketones is 1. The van der Waals surface area contributed by atoms with Crippen molar-refractivity contribution in [2.45, 2.75) is 110 Å². The van der Waals surface area contributed by atoms with Crippen molar-refractivity contribution in [3.05, 3.63) is 0 Å². The number of nitrogens with one attached hydrogen (secondary N) is 4. The summed E-state index contributed by atoms with van der Waals surface area (Å²) in [5.41, 5.74) is 0. The minimum Gasteiger partial charge on any atom is -0.382 e. The lowest BCUT2D eigenvalue weighted by Gasteiger charge is -2.48. The maximum atomic E-state index is 12.3. The largest absolute Gasteiger partial charge is 0.382 e. The fourth-order valence-corrected chi connectivity index (χ4v) is 5.42. The van der Waals surface area contributed by atoms with Gasteiger partial charge in [0, 0.05) is 37.8 Å². The third kappa shape index (κ3) is 16.6. The summed E-state index contributed by atoms with van der Waals surface area (Å²) in [4.78, 5) is 47.5. The summed E-state index contributed by atoms with van der Waals surface area (Å²) in [6.45, 7) is 11.7. The van der Waals surface area contributed by atoms with E-state index in [1.807, 2.05) is 14.0 Å². The number of aliphatic hydroxyl groups is 1. The number of rotatable bonds is 22. The SMILES string of the molecule is CNC(C)CC(C)CC(C)NC(=O)CCCCC(=O)NCC[N+]1(CCNC(=O)CCCCC(C)=O)CC(O)C1. The lowest BCUT2D eigenvalue weighted by atomic mass is 9.96. The van der Waals surface area contributed by atoms with Crippen LogP contribution >= 0.6 is 0 Å². The topological polar surface area (TPSA) is 137 Å². The molecule has 5 N–H and O–H groups in total. The molecule has 0 aromatic heterocycles. The molecule has 0 saturated carbocycles. The standard InChI is InChI=1S/C29H55N5O5/c1-22(18-23(2)30-5)19-24(3)33-29(39)13-9-8-12-28(38)32-15-17-34(20-26(36)21-34)16-14-31-27(37)11-7-6-10-25(4)35/h22-24,26,30,36H,6-21H2,1-5H3,(H2-,31,32,33,37,38,39)/p+1. The van der Waals surface area contributed by atoms with Crippen molar-refractivity contribution in [1.29, 1.82) is 0 Å². The van der Waals surface area contributed by atoms with Gasteiger partial charge in [0.2, 0.25) is 17.7 Å². The van der Waals surface area contributed by atoms with E-state index in [1.54, 1.807) is 6.92 Å². The number of hydrogen-bond donors (Lipinski definition) is 5. The second-order valence-corrected chi connectivity index (χ2v) is 11.9. The zero-order valence-corrected chi connectivity index (χ0v) is 25.2. The number of carbonyl (C=O) groups is 4. The molecule has 0 spiro atoms. The van der Waals surface area contributed by atoms with Gasteiger partial charge in [-0.3, -0.25) is 14.4 Å². The number of Topliss-reactive ketones (excluding diaryl/α,β-unsaturated/α-hetero) is 1. The molecule has 1 aliphatic heterocycles. The van der Waals surface area contributed by atoms with Gasteiger partial charge >= 0.3 is 0 Å². The number of amides is 3. The van der Waals surface area contributed by atoms with Gasteiger partial charge in [-0.1, -0.05) is 6.92 Å². The highest BCUT2D eigenvalue weighted by atomic mass is 16.3. The van der Waals surface area contributed by atoms with Crippen LogP contribution in [0.15, 0.2) is 0 Å². The first-order valence-electron chi connectivity index (χ1n) is 15.0. The molecule has 3 unspecified atom stereocenters. The Morgan fingerprint density at radius 1 is 0.769 bits per heavy atom. The van der Waals surface area contributed by atoms with E-state index in [-0.39, 0.29) is 35.7 Å². The fraction of sp³-hybridized carbons (Fsp3) is 0.862. The Kier molecular flexibility index (Phi) is 17.1. The number of carbonyl (C=O) groups excluding carboxylic acids is 4. The number of hydrogen-bond acceptors (Lipinski definition) is 6. The number of unbranched alkanes of at least 4 members (excludes halogenated alkanes) is 2. The van der Waals surface area contributed by atoms with E-state index in [9.17, 15) is 24.3 Å². The quantitative estimate of drug-likeness (QED) is 0.102. The molecule has 3 amide bonds. The maximum absolute atomic E-state index is 12.3. The first-order chi connectivity index (χ1) is 18.4. The summed E-state index contributed by atoms with van der Waals surface area (Å²) in [5, 5.41) is 22.1. The predicted octanol–water partition coefficient (Wildman–Crippen LogP) is 1.65.